The van der Waals surface area contributed by atoms with E-state index in [2.05, 4.69) is 0 Å². The highest BCUT2D eigenvalue weighted by atomic mass is 16.3. The third-order valence-electron chi connectivity index (χ3n) is 3.77. The Morgan fingerprint density at radius 2 is 1.82 bits per heavy atom. The van der Waals surface area contributed by atoms with Gasteiger partial charge in [-0.15, -0.1) is 0 Å². The van der Waals surface area contributed by atoms with Crippen LogP contribution in [0.15, 0.2) is 11.3 Å². The predicted molar refractivity (Wildman–Crippen MR) is 60.2 cm³/mol. The highest BCUT2D eigenvalue weighted by molar-refractivity contribution is 6.15. The number of ketones is 2. The topological polar surface area (TPSA) is 60.4 Å². The van der Waals surface area contributed by atoms with Gasteiger partial charge in [0, 0.05) is 37.7 Å². The van der Waals surface area contributed by atoms with Crippen molar-refractivity contribution < 1.29 is 14.7 Å². The molecule has 2 atom stereocenters. The molecule has 1 N–H and O–H groups in total. The molecule has 2 heterocycles. The molecule has 17 heavy (non-hydrogen) atoms. The van der Waals surface area contributed by atoms with Gasteiger partial charge in [-0.05, 0) is 0 Å². The van der Waals surface area contributed by atoms with E-state index in [0.29, 0.717) is 11.3 Å². The Hall–Kier alpha value is -1.20. The Morgan fingerprint density at radius 1 is 1.18 bits per heavy atom. The summed E-state index contributed by atoms with van der Waals surface area (Å²) in [4.78, 5) is 28.4. The van der Waals surface area contributed by atoms with E-state index in [1.165, 1.54) is 0 Å². The Balaban J connectivity index is 2.02. The largest absolute Gasteiger partial charge is 0.391 e. The fourth-order valence-corrected chi connectivity index (χ4v) is 2.62. The van der Waals surface area contributed by atoms with Crippen molar-refractivity contribution in [3.8, 4) is 0 Å². The van der Waals surface area contributed by atoms with Crippen molar-refractivity contribution in [2.45, 2.75) is 13.0 Å². The summed E-state index contributed by atoms with van der Waals surface area (Å²) < 4.78 is 0. The first kappa shape index (κ1) is 10.9. The van der Waals surface area contributed by atoms with Gasteiger partial charge in [-0.2, -0.15) is 0 Å². The lowest BCUT2D eigenvalue weighted by molar-refractivity contribution is -0.130. The minimum Gasteiger partial charge on any atom is -0.391 e. The van der Waals surface area contributed by atoms with Crippen molar-refractivity contribution in [2.24, 2.45) is 5.92 Å². The van der Waals surface area contributed by atoms with Crippen LogP contribution < -0.4 is 0 Å². The quantitative estimate of drug-likeness (QED) is 0.638. The van der Waals surface area contributed by atoms with Crippen molar-refractivity contribution >= 4 is 11.6 Å². The van der Waals surface area contributed by atoms with E-state index in [0.717, 1.165) is 26.2 Å². The molecule has 0 aromatic carbocycles. The standard InChI is InChI=1S/C12H16N2O3/c1-7-9(13-2-3-13)12(17)8(6-15)10(11(7)16)14-4-5-14/h7,9,15H,2-6H2,1H3. The van der Waals surface area contributed by atoms with Gasteiger partial charge < -0.3 is 10.0 Å². The Morgan fingerprint density at radius 3 is 2.29 bits per heavy atom. The molecular formula is C12H16N2O3. The maximum Gasteiger partial charge on any atom is 0.184 e. The van der Waals surface area contributed by atoms with Gasteiger partial charge in [0.2, 0.25) is 0 Å². The van der Waals surface area contributed by atoms with E-state index in [1.807, 2.05) is 16.7 Å². The molecule has 92 valence electrons. The van der Waals surface area contributed by atoms with E-state index in [4.69, 9.17) is 0 Å². The SMILES string of the molecule is CC1C(=O)C(N2CC2)=C(CO)C(=O)C1N1CC1. The van der Waals surface area contributed by atoms with Gasteiger partial charge in [-0.25, -0.2) is 0 Å². The molecule has 5 nitrogen and oxygen atoms in total. The van der Waals surface area contributed by atoms with Crippen LogP contribution in [0.3, 0.4) is 0 Å². The molecule has 0 bridgehead atoms. The maximum atomic E-state index is 12.3. The Labute approximate surface area is 99.7 Å². The van der Waals surface area contributed by atoms with Gasteiger partial charge in [-0.3, -0.25) is 14.5 Å². The second-order valence-corrected chi connectivity index (χ2v) is 4.97. The van der Waals surface area contributed by atoms with Crippen molar-refractivity contribution in [1.82, 2.24) is 9.80 Å². The number of allylic oxidation sites excluding steroid dienone is 1. The van der Waals surface area contributed by atoms with E-state index >= 15 is 0 Å². The molecule has 2 fully saturated rings. The van der Waals surface area contributed by atoms with Gasteiger partial charge >= 0.3 is 0 Å². The Kier molecular flexibility index (Phi) is 2.34. The van der Waals surface area contributed by atoms with Crippen molar-refractivity contribution in [3.63, 3.8) is 0 Å². The van der Waals surface area contributed by atoms with E-state index in [-0.39, 0.29) is 30.1 Å². The van der Waals surface area contributed by atoms with Crippen LogP contribution in [0.25, 0.3) is 0 Å². The molecule has 1 aliphatic carbocycles. The van der Waals surface area contributed by atoms with Crippen LogP contribution in [0, 0.1) is 5.92 Å². The minimum atomic E-state index is -0.339. The summed E-state index contributed by atoms with van der Waals surface area (Å²) >= 11 is 0. The van der Waals surface area contributed by atoms with Gasteiger partial charge in [0.25, 0.3) is 0 Å². The molecule has 2 saturated heterocycles. The van der Waals surface area contributed by atoms with Crippen LogP contribution in [0.4, 0.5) is 0 Å². The van der Waals surface area contributed by atoms with Crippen LogP contribution in [0.2, 0.25) is 0 Å². The van der Waals surface area contributed by atoms with Crippen LogP contribution in [-0.4, -0.2) is 65.3 Å². The van der Waals surface area contributed by atoms with Crippen LogP contribution >= 0.6 is 0 Å². The fourth-order valence-electron chi connectivity index (χ4n) is 2.62. The summed E-state index contributed by atoms with van der Waals surface area (Å²) in [6.07, 6.45) is 0. The zero-order valence-corrected chi connectivity index (χ0v) is 9.85. The molecule has 0 amide bonds. The number of aliphatic hydroxyl groups excluding tert-OH is 1. The fraction of sp³-hybridized carbons (Fsp3) is 0.667. The highest BCUT2D eigenvalue weighted by Gasteiger charge is 2.48. The summed E-state index contributed by atoms with van der Waals surface area (Å²) in [5.41, 5.74) is 0.797. The summed E-state index contributed by atoms with van der Waals surface area (Å²) in [5, 5.41) is 9.36. The third-order valence-corrected chi connectivity index (χ3v) is 3.77. The smallest absolute Gasteiger partial charge is 0.184 e. The highest BCUT2D eigenvalue weighted by Crippen LogP contribution is 2.34. The molecule has 0 radical (unpaired) electrons. The number of hydrogen-bond acceptors (Lipinski definition) is 5. The first-order chi connectivity index (χ1) is 8.15. The van der Waals surface area contributed by atoms with Crippen LogP contribution in [0.5, 0.6) is 0 Å². The number of rotatable bonds is 3. The van der Waals surface area contributed by atoms with E-state index in [1.54, 1.807) is 0 Å². The lowest BCUT2D eigenvalue weighted by Gasteiger charge is -2.31. The van der Waals surface area contributed by atoms with Crippen LogP contribution in [-0.2, 0) is 9.59 Å². The predicted octanol–water partition coefficient (Wildman–Crippen LogP) is -0.979. The Bertz CT molecular complexity index is 421. The molecular weight excluding hydrogens is 220 g/mol. The molecule has 3 rings (SSSR count). The minimum absolute atomic E-state index is 0.0167. The second kappa shape index (κ2) is 3.65. The molecule has 2 unspecified atom stereocenters. The average Bonchev–Trinajstić information content (AvgIpc) is 3.14. The number of hydrogen-bond donors (Lipinski definition) is 1. The number of Topliss-reactive ketones (excluding diaryl/α,β-unsaturated/α-hetero) is 2. The van der Waals surface area contributed by atoms with Gasteiger partial charge in [-0.1, -0.05) is 6.92 Å². The molecule has 2 aliphatic heterocycles. The lowest BCUT2D eigenvalue weighted by Crippen LogP contribution is -2.47. The number of nitrogens with zero attached hydrogens (tertiary/aromatic N) is 2. The molecule has 5 heteroatoms. The summed E-state index contributed by atoms with van der Waals surface area (Å²) in [5.74, 6) is -0.321. The zero-order chi connectivity index (χ0) is 12.2. The zero-order valence-electron chi connectivity index (χ0n) is 9.85. The van der Waals surface area contributed by atoms with Gasteiger partial charge in [0.1, 0.15) is 0 Å². The lowest BCUT2D eigenvalue weighted by atomic mass is 9.81. The molecule has 0 spiro atoms. The van der Waals surface area contributed by atoms with Crippen LogP contribution in [0.1, 0.15) is 6.92 Å². The van der Waals surface area contributed by atoms with Crippen molar-refractivity contribution in [3.05, 3.63) is 11.3 Å². The maximum absolute atomic E-state index is 12.3. The van der Waals surface area contributed by atoms with Crippen molar-refractivity contribution in [2.75, 3.05) is 32.8 Å². The van der Waals surface area contributed by atoms with E-state index in [9.17, 15) is 14.7 Å². The molecule has 3 aliphatic rings. The first-order valence-electron chi connectivity index (χ1n) is 6.06. The second-order valence-electron chi connectivity index (χ2n) is 4.97. The number of carbonyl (C=O) groups excluding carboxylic acids is 2. The van der Waals surface area contributed by atoms with Gasteiger partial charge in [0.05, 0.1) is 18.3 Å². The monoisotopic (exact) mass is 236 g/mol. The van der Waals surface area contributed by atoms with Crippen molar-refractivity contribution in [1.29, 1.82) is 0 Å². The van der Waals surface area contributed by atoms with Gasteiger partial charge in [0.15, 0.2) is 11.6 Å². The summed E-state index contributed by atoms with van der Waals surface area (Å²) in [6, 6.07) is -0.339. The first-order valence-corrected chi connectivity index (χ1v) is 6.06. The summed E-state index contributed by atoms with van der Waals surface area (Å²) in [7, 11) is 0. The normalized spacial score (nSPS) is 33.4. The summed E-state index contributed by atoms with van der Waals surface area (Å²) in [6.45, 7) is 4.89. The average molecular weight is 236 g/mol. The molecule has 0 aromatic rings. The molecule has 0 aromatic heterocycles. The van der Waals surface area contributed by atoms with E-state index < -0.39 is 0 Å². The third kappa shape index (κ3) is 1.61. The molecule has 0 saturated carbocycles. The number of aliphatic hydroxyl groups is 1. The number of carbonyl (C=O) groups is 2.